The number of pyridine rings is 1. The minimum absolute atomic E-state index is 0.477. The lowest BCUT2D eigenvalue weighted by molar-refractivity contribution is 0.415. The van der Waals surface area contributed by atoms with Crippen molar-refractivity contribution in [3.63, 3.8) is 0 Å². The first-order valence-electron chi connectivity index (χ1n) is 6.94. The molecule has 0 fully saturated rings. The third-order valence-corrected chi connectivity index (χ3v) is 3.54. The Kier molecular flexibility index (Phi) is 6.37. The standard InChI is InChI=1S/C16H18N4OS2/c1-11(20-18-10-22)15-8-3-12(9-17-15)16(23)19-13-4-6-14(21-2)7-5-13/h3-9,18,22H,10H2,1-2H3,(H,19,23). The maximum absolute atomic E-state index is 5.41. The Morgan fingerprint density at radius 3 is 2.57 bits per heavy atom. The molecule has 23 heavy (non-hydrogen) atoms. The second-order valence-electron chi connectivity index (χ2n) is 4.63. The van der Waals surface area contributed by atoms with Crippen molar-refractivity contribution >= 4 is 41.2 Å². The molecule has 1 aromatic carbocycles. The van der Waals surface area contributed by atoms with Gasteiger partial charge in [0.2, 0.25) is 0 Å². The number of nitrogens with one attached hydrogen (secondary N) is 2. The van der Waals surface area contributed by atoms with E-state index in [1.54, 1.807) is 13.3 Å². The van der Waals surface area contributed by atoms with Crippen LogP contribution in [0.25, 0.3) is 0 Å². The number of hydrogen-bond acceptors (Lipinski definition) is 6. The molecule has 7 heteroatoms. The van der Waals surface area contributed by atoms with Gasteiger partial charge in [-0.25, -0.2) is 0 Å². The van der Waals surface area contributed by atoms with Crippen LogP contribution in [0.3, 0.4) is 0 Å². The second-order valence-corrected chi connectivity index (χ2v) is 5.35. The van der Waals surface area contributed by atoms with Gasteiger partial charge in [0.05, 0.1) is 24.4 Å². The molecule has 0 unspecified atom stereocenters. The van der Waals surface area contributed by atoms with Gasteiger partial charge in [-0.1, -0.05) is 12.2 Å². The summed E-state index contributed by atoms with van der Waals surface area (Å²) in [5, 5.41) is 7.31. The van der Waals surface area contributed by atoms with Crippen LogP contribution in [0.15, 0.2) is 47.7 Å². The van der Waals surface area contributed by atoms with E-state index in [0.717, 1.165) is 28.4 Å². The average molecular weight is 346 g/mol. The van der Waals surface area contributed by atoms with Crippen molar-refractivity contribution in [2.24, 2.45) is 5.10 Å². The van der Waals surface area contributed by atoms with Crippen LogP contribution in [0, 0.1) is 0 Å². The molecule has 0 aliphatic carbocycles. The molecule has 2 aromatic rings. The summed E-state index contributed by atoms with van der Waals surface area (Å²) in [5.41, 5.74) is 6.11. The van der Waals surface area contributed by atoms with Crippen molar-refractivity contribution in [3.05, 3.63) is 53.9 Å². The summed E-state index contributed by atoms with van der Waals surface area (Å²) < 4.78 is 5.13. The Bertz CT molecular complexity index is 684. The second kappa shape index (κ2) is 8.50. The number of benzene rings is 1. The zero-order valence-electron chi connectivity index (χ0n) is 12.9. The summed E-state index contributed by atoms with van der Waals surface area (Å²) in [6.07, 6.45) is 1.73. The van der Waals surface area contributed by atoms with Crippen LogP contribution in [-0.2, 0) is 0 Å². The quantitative estimate of drug-likeness (QED) is 0.247. The van der Waals surface area contributed by atoms with Crippen LogP contribution in [0.4, 0.5) is 5.69 Å². The lowest BCUT2D eigenvalue weighted by Crippen LogP contribution is -2.12. The highest BCUT2D eigenvalue weighted by molar-refractivity contribution is 7.81. The third-order valence-electron chi connectivity index (χ3n) is 3.06. The van der Waals surface area contributed by atoms with Gasteiger partial charge in [-0.2, -0.15) is 17.7 Å². The fourth-order valence-corrected chi connectivity index (χ4v) is 2.14. The molecule has 0 spiro atoms. The number of ether oxygens (including phenoxy) is 1. The Morgan fingerprint density at radius 1 is 1.26 bits per heavy atom. The fraction of sp³-hybridized carbons (Fsp3) is 0.188. The molecule has 0 atom stereocenters. The van der Waals surface area contributed by atoms with Gasteiger partial charge in [-0.15, -0.1) is 0 Å². The monoisotopic (exact) mass is 346 g/mol. The Labute approximate surface area is 146 Å². The number of thiocarbonyl (C=S) groups is 1. The predicted octanol–water partition coefficient (Wildman–Crippen LogP) is 3.08. The number of hydrazone groups is 1. The summed E-state index contributed by atoms with van der Waals surface area (Å²) >= 11 is 9.45. The number of rotatable bonds is 6. The molecule has 2 rings (SSSR count). The van der Waals surface area contributed by atoms with Gasteiger partial charge < -0.3 is 15.5 Å². The zero-order chi connectivity index (χ0) is 16.7. The van der Waals surface area contributed by atoms with Crippen LogP contribution in [-0.4, -0.2) is 28.7 Å². The van der Waals surface area contributed by atoms with Crippen LogP contribution >= 0.6 is 24.8 Å². The van der Waals surface area contributed by atoms with E-state index in [0.29, 0.717) is 10.9 Å². The normalized spacial score (nSPS) is 11.0. The summed E-state index contributed by atoms with van der Waals surface area (Å²) in [5.74, 6) is 1.28. The van der Waals surface area contributed by atoms with E-state index in [-0.39, 0.29) is 0 Å². The van der Waals surface area contributed by atoms with Crippen LogP contribution < -0.4 is 15.5 Å². The lowest BCUT2D eigenvalue weighted by atomic mass is 10.2. The molecule has 2 N–H and O–H groups in total. The molecule has 1 aromatic heterocycles. The first kappa shape index (κ1) is 17.2. The zero-order valence-corrected chi connectivity index (χ0v) is 14.6. The molecule has 120 valence electrons. The van der Waals surface area contributed by atoms with E-state index in [1.807, 2.05) is 43.3 Å². The highest BCUT2D eigenvalue weighted by atomic mass is 32.1. The van der Waals surface area contributed by atoms with Gasteiger partial charge in [0.25, 0.3) is 0 Å². The summed E-state index contributed by atoms with van der Waals surface area (Å²) in [6, 6.07) is 11.4. The van der Waals surface area contributed by atoms with Crippen LogP contribution in [0.1, 0.15) is 18.2 Å². The average Bonchev–Trinajstić information content (AvgIpc) is 2.60. The van der Waals surface area contributed by atoms with Crippen molar-refractivity contribution in [2.45, 2.75) is 6.92 Å². The van der Waals surface area contributed by atoms with E-state index in [9.17, 15) is 0 Å². The first-order valence-corrected chi connectivity index (χ1v) is 7.98. The predicted molar refractivity (Wildman–Crippen MR) is 102 cm³/mol. The van der Waals surface area contributed by atoms with Crippen LogP contribution in [0.2, 0.25) is 0 Å². The van der Waals surface area contributed by atoms with E-state index < -0.39 is 0 Å². The topological polar surface area (TPSA) is 58.5 Å². The fourth-order valence-electron chi connectivity index (χ4n) is 1.83. The molecule has 5 nitrogen and oxygen atoms in total. The Hall–Kier alpha value is -2.12. The maximum Gasteiger partial charge on any atom is 0.119 e. The first-order chi connectivity index (χ1) is 11.1. The van der Waals surface area contributed by atoms with E-state index in [1.165, 1.54) is 0 Å². The lowest BCUT2D eigenvalue weighted by Gasteiger charge is -2.09. The maximum atomic E-state index is 5.41. The SMILES string of the molecule is COc1ccc(NC(=S)c2ccc(C(C)=NNCS)nc2)cc1. The smallest absolute Gasteiger partial charge is 0.119 e. The Morgan fingerprint density at radius 2 is 2.00 bits per heavy atom. The molecule has 1 heterocycles. The highest BCUT2D eigenvalue weighted by Crippen LogP contribution is 2.16. The molecule has 0 aliphatic heterocycles. The third kappa shape index (κ3) is 4.94. The summed E-state index contributed by atoms with van der Waals surface area (Å²) in [6.45, 7) is 1.88. The Balaban J connectivity index is 2.04. The van der Waals surface area contributed by atoms with Gasteiger partial charge in [0.1, 0.15) is 10.7 Å². The van der Waals surface area contributed by atoms with Gasteiger partial charge in [-0.05, 0) is 43.3 Å². The van der Waals surface area contributed by atoms with Gasteiger partial charge in [0, 0.05) is 17.4 Å². The van der Waals surface area contributed by atoms with Crippen molar-refractivity contribution in [1.82, 2.24) is 10.4 Å². The largest absolute Gasteiger partial charge is 0.497 e. The van der Waals surface area contributed by atoms with Crippen molar-refractivity contribution < 1.29 is 4.74 Å². The number of thiol groups is 1. The number of hydrogen-bond donors (Lipinski definition) is 3. The minimum Gasteiger partial charge on any atom is -0.497 e. The molecule has 0 saturated heterocycles. The number of anilines is 1. The number of aromatic nitrogens is 1. The van der Waals surface area contributed by atoms with E-state index in [2.05, 4.69) is 33.5 Å². The summed E-state index contributed by atoms with van der Waals surface area (Å²) in [7, 11) is 1.64. The van der Waals surface area contributed by atoms with Gasteiger partial charge >= 0.3 is 0 Å². The van der Waals surface area contributed by atoms with Crippen LogP contribution in [0.5, 0.6) is 5.75 Å². The van der Waals surface area contributed by atoms with E-state index >= 15 is 0 Å². The van der Waals surface area contributed by atoms with Crippen molar-refractivity contribution in [1.29, 1.82) is 0 Å². The van der Waals surface area contributed by atoms with E-state index in [4.69, 9.17) is 17.0 Å². The highest BCUT2D eigenvalue weighted by Gasteiger charge is 2.05. The molecule has 0 saturated carbocycles. The van der Waals surface area contributed by atoms with Gasteiger partial charge in [0.15, 0.2) is 0 Å². The number of nitrogens with zero attached hydrogens (tertiary/aromatic N) is 2. The van der Waals surface area contributed by atoms with Crippen molar-refractivity contribution in [3.8, 4) is 5.75 Å². The summed E-state index contributed by atoms with van der Waals surface area (Å²) in [4.78, 5) is 4.99. The molecule has 0 bridgehead atoms. The molecular weight excluding hydrogens is 328 g/mol. The van der Waals surface area contributed by atoms with Crippen molar-refractivity contribution in [2.75, 3.05) is 18.3 Å². The number of methoxy groups -OCH3 is 1. The molecular formula is C16H18N4OS2. The molecule has 0 amide bonds. The minimum atomic E-state index is 0.477. The molecule has 0 aliphatic rings. The van der Waals surface area contributed by atoms with Gasteiger partial charge in [-0.3, -0.25) is 4.98 Å². The molecule has 0 radical (unpaired) electrons.